The van der Waals surface area contributed by atoms with E-state index in [9.17, 15) is 0 Å². The zero-order valence-electron chi connectivity index (χ0n) is 12.5. The number of aryl methyl sites for hydroxylation is 1. The molecule has 1 aliphatic rings. The van der Waals surface area contributed by atoms with Crippen LogP contribution in [0.15, 0.2) is 54.0 Å². The fourth-order valence-corrected chi connectivity index (χ4v) is 3.38. The van der Waals surface area contributed by atoms with Crippen molar-refractivity contribution in [3.63, 3.8) is 0 Å². The van der Waals surface area contributed by atoms with E-state index >= 15 is 0 Å². The van der Waals surface area contributed by atoms with Gasteiger partial charge in [-0.3, -0.25) is 4.68 Å². The Labute approximate surface area is 133 Å². The van der Waals surface area contributed by atoms with Crippen LogP contribution in [0.4, 0.5) is 5.69 Å². The maximum Gasteiger partial charge on any atom is 0.0832 e. The summed E-state index contributed by atoms with van der Waals surface area (Å²) in [4.78, 5) is 6.67. The van der Waals surface area contributed by atoms with Gasteiger partial charge in [0, 0.05) is 42.8 Å². The number of rotatable bonds is 2. The van der Waals surface area contributed by atoms with Crippen LogP contribution in [0.1, 0.15) is 12.5 Å². The fourth-order valence-electron chi connectivity index (χ4n) is 2.72. The average Bonchev–Trinajstić information content (AvgIpc) is 3.15. The first-order chi connectivity index (χ1) is 10.7. The van der Waals surface area contributed by atoms with Gasteiger partial charge in [0.1, 0.15) is 0 Å². The van der Waals surface area contributed by atoms with E-state index in [0.717, 1.165) is 17.6 Å². The normalized spacial score (nSPS) is 15.1. The molecule has 4 nitrogen and oxygen atoms in total. The van der Waals surface area contributed by atoms with Crippen molar-refractivity contribution < 1.29 is 0 Å². The van der Waals surface area contributed by atoms with Gasteiger partial charge in [0.2, 0.25) is 0 Å². The Balaban J connectivity index is 1.74. The van der Waals surface area contributed by atoms with Gasteiger partial charge in [0.25, 0.3) is 0 Å². The zero-order chi connectivity index (χ0) is 15.1. The van der Waals surface area contributed by atoms with Crippen molar-refractivity contribution in [3.05, 3.63) is 59.5 Å². The molecule has 0 unspecified atom stereocenters. The molecule has 3 heterocycles. The molecule has 0 radical (unpaired) electrons. The van der Waals surface area contributed by atoms with Gasteiger partial charge in [-0.05, 0) is 30.7 Å². The molecule has 3 aromatic rings. The van der Waals surface area contributed by atoms with Crippen LogP contribution < -0.4 is 4.90 Å². The lowest BCUT2D eigenvalue weighted by Crippen LogP contribution is -2.20. The Morgan fingerprint density at radius 1 is 1.27 bits per heavy atom. The van der Waals surface area contributed by atoms with Crippen LogP contribution in [0.25, 0.3) is 15.8 Å². The number of allylic oxidation sites excluding steroid dienone is 2. The lowest BCUT2D eigenvalue weighted by atomic mass is 10.00. The quantitative estimate of drug-likeness (QED) is 0.721. The first kappa shape index (κ1) is 13.3. The summed E-state index contributed by atoms with van der Waals surface area (Å²) >= 11 is 1.68. The van der Waals surface area contributed by atoms with Crippen LogP contribution in [-0.2, 0) is 7.05 Å². The van der Waals surface area contributed by atoms with E-state index in [1.807, 2.05) is 23.4 Å². The molecular weight excluding hydrogens is 292 g/mol. The van der Waals surface area contributed by atoms with Crippen LogP contribution >= 0.6 is 11.3 Å². The van der Waals surface area contributed by atoms with E-state index in [2.05, 4.69) is 58.6 Å². The van der Waals surface area contributed by atoms with Gasteiger partial charge in [-0.1, -0.05) is 6.08 Å². The predicted octanol–water partition coefficient (Wildman–Crippen LogP) is 3.84. The molecule has 22 heavy (non-hydrogen) atoms. The Bertz CT molecular complexity index is 900. The summed E-state index contributed by atoms with van der Waals surface area (Å²) < 4.78 is 3.06. The molecular formula is C17H16N4S. The molecule has 2 aromatic heterocycles. The summed E-state index contributed by atoms with van der Waals surface area (Å²) in [5.74, 6) is 0. The molecule has 0 saturated carbocycles. The van der Waals surface area contributed by atoms with Crippen molar-refractivity contribution in [2.45, 2.75) is 6.92 Å². The Morgan fingerprint density at radius 3 is 3.00 bits per heavy atom. The molecule has 0 aliphatic carbocycles. The van der Waals surface area contributed by atoms with E-state index in [1.165, 1.54) is 21.5 Å². The number of nitrogens with zero attached hydrogens (tertiary/aromatic N) is 4. The second kappa shape index (κ2) is 5.10. The first-order valence-electron chi connectivity index (χ1n) is 7.18. The molecule has 5 heteroatoms. The van der Waals surface area contributed by atoms with Crippen LogP contribution in [-0.4, -0.2) is 21.3 Å². The molecule has 0 amide bonds. The van der Waals surface area contributed by atoms with E-state index in [0.29, 0.717) is 0 Å². The molecule has 0 N–H and O–H groups in total. The number of fused-ring (bicyclic) bond motifs is 1. The maximum absolute atomic E-state index is 4.41. The van der Waals surface area contributed by atoms with Crippen LogP contribution in [0, 0.1) is 0 Å². The summed E-state index contributed by atoms with van der Waals surface area (Å²) in [6.07, 6.45) is 8.43. The average molecular weight is 308 g/mol. The number of anilines is 1. The third kappa shape index (κ3) is 2.23. The monoisotopic (exact) mass is 308 g/mol. The highest BCUT2D eigenvalue weighted by atomic mass is 32.1. The predicted molar refractivity (Wildman–Crippen MR) is 91.9 cm³/mol. The SMILES string of the molecule is CC1=CCN(c2ccc3scnc3c2)C=C1c1cnn(C)c1. The van der Waals surface area contributed by atoms with E-state index in [-0.39, 0.29) is 0 Å². The second-order valence-corrected chi connectivity index (χ2v) is 6.38. The van der Waals surface area contributed by atoms with Gasteiger partial charge in [-0.2, -0.15) is 5.10 Å². The highest BCUT2D eigenvalue weighted by Gasteiger charge is 2.15. The van der Waals surface area contributed by atoms with E-state index in [1.54, 1.807) is 11.3 Å². The number of hydrogen-bond acceptors (Lipinski definition) is 4. The molecule has 0 fully saturated rings. The molecule has 0 bridgehead atoms. The standard InChI is InChI=1S/C17H16N4S/c1-12-5-6-21(10-15(12)13-8-19-20(2)9-13)14-3-4-17-16(7-14)18-11-22-17/h3-5,7-11H,6H2,1-2H3. The van der Waals surface area contributed by atoms with Gasteiger partial charge in [0.05, 0.1) is 21.9 Å². The van der Waals surface area contributed by atoms with Crippen molar-refractivity contribution in [2.24, 2.45) is 7.05 Å². The smallest absolute Gasteiger partial charge is 0.0832 e. The van der Waals surface area contributed by atoms with Crippen molar-refractivity contribution in [1.82, 2.24) is 14.8 Å². The lowest BCUT2D eigenvalue weighted by molar-refractivity contribution is 0.767. The van der Waals surface area contributed by atoms with Crippen molar-refractivity contribution in [1.29, 1.82) is 0 Å². The fraction of sp³-hybridized carbons (Fsp3) is 0.176. The van der Waals surface area contributed by atoms with Gasteiger partial charge < -0.3 is 4.90 Å². The van der Waals surface area contributed by atoms with Gasteiger partial charge >= 0.3 is 0 Å². The molecule has 4 rings (SSSR count). The summed E-state index contributed by atoms with van der Waals surface area (Å²) in [6.45, 7) is 3.03. The minimum absolute atomic E-state index is 0.880. The summed E-state index contributed by atoms with van der Waals surface area (Å²) in [5, 5.41) is 4.28. The minimum Gasteiger partial charge on any atom is -0.343 e. The highest BCUT2D eigenvalue weighted by molar-refractivity contribution is 7.16. The topological polar surface area (TPSA) is 34.0 Å². The number of thiazole rings is 1. The van der Waals surface area contributed by atoms with Gasteiger partial charge in [-0.25, -0.2) is 4.98 Å². The molecule has 0 saturated heterocycles. The highest BCUT2D eigenvalue weighted by Crippen LogP contribution is 2.30. The maximum atomic E-state index is 4.41. The minimum atomic E-state index is 0.880. The van der Waals surface area contributed by atoms with Crippen LogP contribution in [0.5, 0.6) is 0 Å². The Morgan fingerprint density at radius 2 is 2.18 bits per heavy atom. The van der Waals surface area contributed by atoms with Gasteiger partial charge in [-0.15, -0.1) is 11.3 Å². The van der Waals surface area contributed by atoms with Crippen LogP contribution in [0.2, 0.25) is 0 Å². The molecule has 110 valence electrons. The van der Waals surface area contributed by atoms with Crippen LogP contribution in [0.3, 0.4) is 0 Å². The lowest BCUT2D eigenvalue weighted by Gasteiger charge is -2.25. The van der Waals surface area contributed by atoms with Crippen molar-refractivity contribution >= 4 is 32.8 Å². The van der Waals surface area contributed by atoms with Gasteiger partial charge in [0.15, 0.2) is 0 Å². The largest absolute Gasteiger partial charge is 0.343 e. The molecule has 1 aliphatic heterocycles. The van der Waals surface area contributed by atoms with E-state index < -0.39 is 0 Å². The first-order valence-corrected chi connectivity index (χ1v) is 8.06. The molecule has 1 aromatic carbocycles. The Kier molecular flexibility index (Phi) is 3.08. The molecule has 0 atom stereocenters. The zero-order valence-corrected chi connectivity index (χ0v) is 13.3. The Hall–Kier alpha value is -2.40. The number of aromatic nitrogens is 3. The second-order valence-electron chi connectivity index (χ2n) is 5.49. The summed E-state index contributed by atoms with van der Waals surface area (Å²) in [6, 6.07) is 6.45. The molecule has 0 spiro atoms. The third-order valence-electron chi connectivity index (χ3n) is 3.97. The number of hydrogen-bond donors (Lipinski definition) is 0. The third-order valence-corrected chi connectivity index (χ3v) is 4.78. The van der Waals surface area contributed by atoms with Crippen molar-refractivity contribution in [2.75, 3.05) is 11.4 Å². The van der Waals surface area contributed by atoms with Crippen molar-refractivity contribution in [3.8, 4) is 0 Å². The van der Waals surface area contributed by atoms with E-state index in [4.69, 9.17) is 0 Å². The summed E-state index contributed by atoms with van der Waals surface area (Å²) in [5.41, 5.74) is 7.78. The summed E-state index contributed by atoms with van der Waals surface area (Å²) in [7, 11) is 1.94. The number of benzene rings is 1.